The van der Waals surface area contributed by atoms with Gasteiger partial charge >= 0.3 is 6.18 Å². The summed E-state index contributed by atoms with van der Waals surface area (Å²) < 4.78 is 93.7. The molecule has 0 amide bonds. The Balaban J connectivity index is 2.01. The molecule has 1 aliphatic rings. The Bertz CT molecular complexity index is 944. The Morgan fingerprint density at radius 3 is 2.62 bits per heavy atom. The SMILES string of the molecule is O=S(=O)(N[C@H]1CCCc2c(F)cc(F)cc21)c1cccnc1C(F)(F)F. The van der Waals surface area contributed by atoms with E-state index in [9.17, 15) is 30.4 Å². The maximum Gasteiger partial charge on any atom is 0.434 e. The van der Waals surface area contributed by atoms with Crippen molar-refractivity contribution in [1.29, 1.82) is 0 Å². The number of sulfonamides is 1. The number of benzene rings is 1. The molecule has 1 aliphatic carbocycles. The standard InChI is InChI=1S/C16H13F5N2O2S/c17-9-7-11-10(12(18)8-9)3-1-4-13(11)23-26(24,25)14-5-2-6-22-15(14)16(19,20)21/h2,5-8,13,23H,1,3-4H2/t13-/m0/s1. The van der Waals surface area contributed by atoms with Gasteiger partial charge in [0, 0.05) is 18.3 Å². The van der Waals surface area contributed by atoms with Crippen molar-refractivity contribution in [1.82, 2.24) is 9.71 Å². The van der Waals surface area contributed by atoms with E-state index in [1.165, 1.54) is 0 Å². The van der Waals surface area contributed by atoms with Crippen molar-refractivity contribution in [2.75, 3.05) is 0 Å². The van der Waals surface area contributed by atoms with Gasteiger partial charge in [0.25, 0.3) is 0 Å². The van der Waals surface area contributed by atoms with E-state index in [1.807, 2.05) is 0 Å². The zero-order chi connectivity index (χ0) is 19.1. The van der Waals surface area contributed by atoms with Crippen LogP contribution >= 0.6 is 0 Å². The van der Waals surface area contributed by atoms with Gasteiger partial charge in [0.1, 0.15) is 16.5 Å². The second kappa shape index (κ2) is 6.58. The van der Waals surface area contributed by atoms with Crippen molar-refractivity contribution in [3.8, 4) is 0 Å². The summed E-state index contributed by atoms with van der Waals surface area (Å²) in [5, 5.41) is 0. The molecule has 10 heteroatoms. The van der Waals surface area contributed by atoms with Crippen LogP contribution in [-0.4, -0.2) is 13.4 Å². The average molecular weight is 392 g/mol. The summed E-state index contributed by atoms with van der Waals surface area (Å²) in [7, 11) is -4.62. The molecular formula is C16H13F5N2O2S. The van der Waals surface area contributed by atoms with E-state index in [1.54, 1.807) is 0 Å². The number of aromatic nitrogens is 1. The first-order valence-electron chi connectivity index (χ1n) is 7.62. The second-order valence-electron chi connectivity index (χ2n) is 5.87. The van der Waals surface area contributed by atoms with Gasteiger partial charge < -0.3 is 0 Å². The molecule has 2 aromatic rings. The van der Waals surface area contributed by atoms with Gasteiger partial charge in [0.2, 0.25) is 10.0 Å². The van der Waals surface area contributed by atoms with Crippen LogP contribution in [0, 0.1) is 11.6 Å². The lowest BCUT2D eigenvalue weighted by molar-refractivity contribution is -0.143. The van der Waals surface area contributed by atoms with Crippen LogP contribution in [0.5, 0.6) is 0 Å². The number of rotatable bonds is 3. The van der Waals surface area contributed by atoms with Gasteiger partial charge in [-0.1, -0.05) is 0 Å². The molecule has 26 heavy (non-hydrogen) atoms. The van der Waals surface area contributed by atoms with Gasteiger partial charge in [-0.05, 0) is 48.6 Å². The monoisotopic (exact) mass is 392 g/mol. The van der Waals surface area contributed by atoms with Crippen molar-refractivity contribution in [2.45, 2.75) is 36.4 Å². The van der Waals surface area contributed by atoms with Crippen LogP contribution < -0.4 is 4.72 Å². The summed E-state index contributed by atoms with van der Waals surface area (Å²) in [4.78, 5) is 2.09. The molecule has 0 saturated carbocycles. The molecule has 0 saturated heterocycles. The summed E-state index contributed by atoms with van der Waals surface area (Å²) >= 11 is 0. The predicted octanol–water partition coefficient (Wildman–Crippen LogP) is 3.73. The Morgan fingerprint density at radius 2 is 1.92 bits per heavy atom. The number of nitrogens with zero attached hydrogens (tertiary/aromatic N) is 1. The summed E-state index contributed by atoms with van der Waals surface area (Å²) in [6, 6.07) is 2.51. The van der Waals surface area contributed by atoms with Gasteiger partial charge in [0.05, 0.1) is 0 Å². The smallest absolute Gasteiger partial charge is 0.250 e. The largest absolute Gasteiger partial charge is 0.434 e. The predicted molar refractivity (Wildman–Crippen MR) is 81.6 cm³/mol. The van der Waals surface area contributed by atoms with Crippen molar-refractivity contribution >= 4 is 10.0 Å². The summed E-state index contributed by atoms with van der Waals surface area (Å²) in [6.45, 7) is 0. The van der Waals surface area contributed by atoms with Crippen molar-refractivity contribution in [2.24, 2.45) is 0 Å². The molecule has 0 unspecified atom stereocenters. The van der Waals surface area contributed by atoms with Gasteiger partial charge in [-0.3, -0.25) is 4.98 Å². The summed E-state index contributed by atoms with van der Waals surface area (Å²) in [6.07, 6.45) is -3.23. The molecule has 0 spiro atoms. The number of halogens is 5. The van der Waals surface area contributed by atoms with Crippen LogP contribution in [-0.2, 0) is 22.6 Å². The molecule has 1 aromatic carbocycles. The molecule has 0 aliphatic heterocycles. The van der Waals surface area contributed by atoms with Gasteiger partial charge in [-0.2, -0.15) is 13.2 Å². The number of nitrogens with one attached hydrogen (secondary N) is 1. The third-order valence-corrected chi connectivity index (χ3v) is 5.62. The van der Waals surface area contributed by atoms with Crippen LogP contribution in [0.3, 0.4) is 0 Å². The first-order valence-corrected chi connectivity index (χ1v) is 9.10. The highest BCUT2D eigenvalue weighted by Gasteiger charge is 2.40. The molecule has 1 aromatic heterocycles. The number of fused-ring (bicyclic) bond motifs is 1. The van der Waals surface area contributed by atoms with E-state index in [0.29, 0.717) is 18.9 Å². The minimum absolute atomic E-state index is 0.0924. The fraction of sp³-hybridized carbons (Fsp3) is 0.312. The lowest BCUT2D eigenvalue weighted by Crippen LogP contribution is -2.33. The van der Waals surface area contributed by atoms with Crippen molar-refractivity contribution in [3.05, 3.63) is 58.9 Å². The van der Waals surface area contributed by atoms with Crippen molar-refractivity contribution < 1.29 is 30.4 Å². The highest BCUT2D eigenvalue weighted by Crippen LogP contribution is 2.35. The van der Waals surface area contributed by atoms with E-state index in [4.69, 9.17) is 0 Å². The van der Waals surface area contributed by atoms with E-state index in [0.717, 1.165) is 24.4 Å². The third kappa shape index (κ3) is 3.56. The molecule has 140 valence electrons. The zero-order valence-electron chi connectivity index (χ0n) is 13.1. The van der Waals surface area contributed by atoms with Gasteiger partial charge in [0.15, 0.2) is 5.69 Å². The van der Waals surface area contributed by atoms with E-state index in [2.05, 4.69) is 9.71 Å². The lowest BCUT2D eigenvalue weighted by Gasteiger charge is -2.27. The Hall–Kier alpha value is -2.07. The average Bonchev–Trinajstić information content (AvgIpc) is 2.54. The first kappa shape index (κ1) is 18.7. The molecular weight excluding hydrogens is 379 g/mol. The quantitative estimate of drug-likeness (QED) is 0.810. The highest BCUT2D eigenvalue weighted by molar-refractivity contribution is 7.89. The zero-order valence-corrected chi connectivity index (χ0v) is 14.0. The maximum absolute atomic E-state index is 13.9. The summed E-state index contributed by atoms with van der Waals surface area (Å²) in [5.41, 5.74) is -1.30. The Morgan fingerprint density at radius 1 is 1.19 bits per heavy atom. The maximum atomic E-state index is 13.9. The molecule has 1 N–H and O–H groups in total. The highest BCUT2D eigenvalue weighted by atomic mass is 32.2. The molecule has 4 nitrogen and oxygen atoms in total. The Labute approximate surface area is 146 Å². The van der Waals surface area contributed by atoms with E-state index < -0.39 is 44.5 Å². The van der Waals surface area contributed by atoms with Crippen LogP contribution in [0.2, 0.25) is 0 Å². The molecule has 0 radical (unpaired) electrons. The Kier molecular flexibility index (Phi) is 4.74. The lowest BCUT2D eigenvalue weighted by atomic mass is 9.88. The topological polar surface area (TPSA) is 59.1 Å². The molecule has 0 fully saturated rings. The van der Waals surface area contributed by atoms with Crippen LogP contribution in [0.4, 0.5) is 22.0 Å². The number of pyridine rings is 1. The summed E-state index contributed by atoms with van der Waals surface area (Å²) in [5.74, 6) is -1.69. The van der Waals surface area contributed by atoms with Crippen LogP contribution in [0.1, 0.15) is 35.7 Å². The fourth-order valence-electron chi connectivity index (χ4n) is 3.03. The van der Waals surface area contributed by atoms with E-state index >= 15 is 0 Å². The fourth-order valence-corrected chi connectivity index (χ4v) is 4.46. The van der Waals surface area contributed by atoms with Crippen LogP contribution in [0.25, 0.3) is 0 Å². The number of alkyl halides is 3. The van der Waals surface area contributed by atoms with Gasteiger partial charge in [-0.15, -0.1) is 0 Å². The second-order valence-corrected chi connectivity index (χ2v) is 7.55. The van der Waals surface area contributed by atoms with Crippen LogP contribution in [0.15, 0.2) is 35.4 Å². The van der Waals surface area contributed by atoms with Gasteiger partial charge in [-0.25, -0.2) is 21.9 Å². The normalized spacial score (nSPS) is 17.8. The minimum Gasteiger partial charge on any atom is -0.250 e. The third-order valence-electron chi connectivity index (χ3n) is 4.12. The molecule has 1 heterocycles. The molecule has 0 bridgehead atoms. The number of hydrogen-bond acceptors (Lipinski definition) is 3. The minimum atomic E-state index is -4.96. The van der Waals surface area contributed by atoms with E-state index in [-0.39, 0.29) is 17.5 Å². The number of hydrogen-bond donors (Lipinski definition) is 1. The molecule has 1 atom stereocenters. The van der Waals surface area contributed by atoms with Crippen molar-refractivity contribution in [3.63, 3.8) is 0 Å². The first-order chi connectivity index (χ1) is 12.1. The molecule has 3 rings (SSSR count).